The van der Waals surface area contributed by atoms with Gasteiger partial charge in [0.25, 0.3) is 0 Å². The van der Waals surface area contributed by atoms with Crippen LogP contribution in [-0.2, 0) is 6.42 Å². The Morgan fingerprint density at radius 1 is 1.24 bits per heavy atom. The lowest BCUT2D eigenvalue weighted by Gasteiger charge is -2.22. The van der Waals surface area contributed by atoms with Crippen LogP contribution in [0.2, 0.25) is 0 Å². The van der Waals surface area contributed by atoms with Gasteiger partial charge in [-0.2, -0.15) is 0 Å². The maximum atomic E-state index is 5.61. The summed E-state index contributed by atoms with van der Waals surface area (Å²) in [6.45, 7) is 6.06. The number of aryl methyl sites for hydroxylation is 1. The lowest BCUT2D eigenvalue weighted by molar-refractivity contribution is 0.357. The zero-order chi connectivity index (χ0) is 14.8. The Balaban J connectivity index is 2.03. The largest absolute Gasteiger partial charge is 0.493 e. The van der Waals surface area contributed by atoms with E-state index in [9.17, 15) is 0 Å². The van der Waals surface area contributed by atoms with Crippen molar-refractivity contribution in [1.29, 1.82) is 0 Å². The second-order valence-electron chi connectivity index (χ2n) is 5.46. The first kappa shape index (κ1) is 14.6. The summed E-state index contributed by atoms with van der Waals surface area (Å²) in [4.78, 5) is 0. The number of hydrogen-bond donors (Lipinski definition) is 1. The third kappa shape index (κ3) is 2.99. The van der Waals surface area contributed by atoms with Crippen LogP contribution in [0.5, 0.6) is 5.75 Å². The lowest BCUT2D eigenvalue weighted by atomic mass is 9.93. The van der Waals surface area contributed by atoms with Gasteiger partial charge in [-0.05, 0) is 53.9 Å². The van der Waals surface area contributed by atoms with Crippen LogP contribution in [0.15, 0.2) is 40.9 Å². The molecule has 1 heterocycles. The van der Waals surface area contributed by atoms with Crippen molar-refractivity contribution in [3.8, 4) is 5.75 Å². The highest BCUT2D eigenvalue weighted by Gasteiger charge is 2.19. The fraction of sp³-hybridized carbons (Fsp3) is 0.333. The summed E-state index contributed by atoms with van der Waals surface area (Å²) >= 11 is 3.59. The molecule has 110 valence electrons. The fourth-order valence-electron chi connectivity index (χ4n) is 2.92. The van der Waals surface area contributed by atoms with Gasteiger partial charge in [0, 0.05) is 10.9 Å². The van der Waals surface area contributed by atoms with E-state index >= 15 is 0 Å². The molecule has 0 fully saturated rings. The van der Waals surface area contributed by atoms with Gasteiger partial charge in [0.2, 0.25) is 0 Å². The topological polar surface area (TPSA) is 21.3 Å². The quantitative estimate of drug-likeness (QED) is 0.887. The van der Waals surface area contributed by atoms with Crippen molar-refractivity contribution in [3.05, 3.63) is 63.1 Å². The predicted octanol–water partition coefficient (Wildman–Crippen LogP) is 4.39. The normalized spacial score (nSPS) is 14.6. The third-order valence-electron chi connectivity index (χ3n) is 4.01. The molecule has 3 rings (SSSR count). The van der Waals surface area contributed by atoms with Crippen LogP contribution >= 0.6 is 15.9 Å². The minimum atomic E-state index is 0.221. The smallest absolute Gasteiger partial charge is 0.122 e. The molecule has 0 saturated heterocycles. The van der Waals surface area contributed by atoms with Gasteiger partial charge in [0.05, 0.1) is 12.6 Å². The molecular formula is C18H20BrNO. The van der Waals surface area contributed by atoms with Gasteiger partial charge in [-0.3, -0.25) is 0 Å². The van der Waals surface area contributed by atoms with Gasteiger partial charge >= 0.3 is 0 Å². The van der Waals surface area contributed by atoms with E-state index in [1.54, 1.807) is 0 Å². The second-order valence-corrected chi connectivity index (χ2v) is 6.37. The Morgan fingerprint density at radius 3 is 2.90 bits per heavy atom. The van der Waals surface area contributed by atoms with Crippen LogP contribution in [0, 0.1) is 6.92 Å². The molecule has 0 bridgehead atoms. The molecule has 1 aliphatic heterocycles. The highest BCUT2D eigenvalue weighted by molar-refractivity contribution is 9.10. The van der Waals surface area contributed by atoms with E-state index in [1.165, 1.54) is 22.3 Å². The van der Waals surface area contributed by atoms with E-state index < -0.39 is 0 Å². The Hall–Kier alpha value is -1.32. The summed E-state index contributed by atoms with van der Waals surface area (Å²) in [5.74, 6) is 1.04. The van der Waals surface area contributed by atoms with Crippen LogP contribution in [0.1, 0.15) is 35.2 Å². The monoisotopic (exact) mass is 345 g/mol. The maximum Gasteiger partial charge on any atom is 0.122 e. The molecule has 0 radical (unpaired) electrons. The standard InChI is InChI=1S/C18H20BrNO/c1-3-20-18(16-11-15(19)6-4-12(16)2)14-5-7-17-13(10-14)8-9-21-17/h4-7,10-11,18,20H,3,8-9H2,1-2H3. The highest BCUT2D eigenvalue weighted by Crippen LogP contribution is 2.32. The Bertz CT molecular complexity index is 654. The minimum absolute atomic E-state index is 0.221. The van der Waals surface area contributed by atoms with Crippen molar-refractivity contribution in [2.75, 3.05) is 13.2 Å². The third-order valence-corrected chi connectivity index (χ3v) is 4.50. The molecule has 1 unspecified atom stereocenters. The maximum absolute atomic E-state index is 5.61. The van der Waals surface area contributed by atoms with Crippen LogP contribution < -0.4 is 10.1 Å². The van der Waals surface area contributed by atoms with E-state index in [0.717, 1.165) is 29.8 Å². The van der Waals surface area contributed by atoms with Crippen molar-refractivity contribution in [2.24, 2.45) is 0 Å². The van der Waals surface area contributed by atoms with Crippen LogP contribution in [0.4, 0.5) is 0 Å². The summed E-state index contributed by atoms with van der Waals surface area (Å²) in [5, 5.41) is 3.61. The molecule has 0 saturated carbocycles. The van der Waals surface area contributed by atoms with Crippen LogP contribution in [0.25, 0.3) is 0 Å². The zero-order valence-corrected chi connectivity index (χ0v) is 14.0. The summed E-state index contributed by atoms with van der Waals surface area (Å²) < 4.78 is 6.73. The van der Waals surface area contributed by atoms with Gasteiger partial charge in [-0.1, -0.05) is 41.1 Å². The summed E-state index contributed by atoms with van der Waals surface area (Å²) in [5.41, 5.74) is 5.26. The number of nitrogens with one attached hydrogen (secondary N) is 1. The fourth-order valence-corrected chi connectivity index (χ4v) is 3.30. The molecule has 0 aromatic heterocycles. The Morgan fingerprint density at radius 2 is 2.10 bits per heavy atom. The molecule has 1 atom stereocenters. The Kier molecular flexibility index (Phi) is 4.32. The summed E-state index contributed by atoms with van der Waals surface area (Å²) in [7, 11) is 0. The zero-order valence-electron chi connectivity index (χ0n) is 12.4. The second kappa shape index (κ2) is 6.20. The molecule has 1 aliphatic rings. The molecule has 2 aromatic rings. The first-order valence-electron chi connectivity index (χ1n) is 7.44. The molecular weight excluding hydrogens is 326 g/mol. The van der Waals surface area contributed by atoms with E-state index in [-0.39, 0.29) is 6.04 Å². The van der Waals surface area contributed by atoms with Gasteiger partial charge in [0.15, 0.2) is 0 Å². The van der Waals surface area contributed by atoms with Crippen molar-refractivity contribution < 1.29 is 4.74 Å². The molecule has 0 spiro atoms. The molecule has 0 aliphatic carbocycles. The van der Waals surface area contributed by atoms with Gasteiger partial charge in [-0.25, -0.2) is 0 Å². The SMILES string of the molecule is CCNC(c1ccc2c(c1)CCO2)c1cc(Br)ccc1C. The van der Waals surface area contributed by atoms with E-state index in [4.69, 9.17) is 4.74 Å². The minimum Gasteiger partial charge on any atom is -0.493 e. The van der Waals surface area contributed by atoms with Crippen molar-refractivity contribution in [3.63, 3.8) is 0 Å². The molecule has 1 N–H and O–H groups in total. The van der Waals surface area contributed by atoms with E-state index in [1.807, 2.05) is 0 Å². The molecule has 2 nitrogen and oxygen atoms in total. The average molecular weight is 346 g/mol. The molecule has 21 heavy (non-hydrogen) atoms. The molecule has 3 heteroatoms. The van der Waals surface area contributed by atoms with Gasteiger partial charge < -0.3 is 10.1 Å². The van der Waals surface area contributed by atoms with Gasteiger partial charge in [0.1, 0.15) is 5.75 Å². The predicted molar refractivity (Wildman–Crippen MR) is 90.0 cm³/mol. The van der Waals surface area contributed by atoms with E-state index in [2.05, 4.69) is 71.5 Å². The van der Waals surface area contributed by atoms with Crippen molar-refractivity contribution in [1.82, 2.24) is 5.32 Å². The number of fused-ring (bicyclic) bond motifs is 1. The van der Waals surface area contributed by atoms with Crippen LogP contribution in [-0.4, -0.2) is 13.2 Å². The highest BCUT2D eigenvalue weighted by atomic mass is 79.9. The summed E-state index contributed by atoms with van der Waals surface area (Å²) in [6.07, 6.45) is 1.01. The number of rotatable bonds is 4. The van der Waals surface area contributed by atoms with Crippen LogP contribution in [0.3, 0.4) is 0 Å². The number of ether oxygens (including phenoxy) is 1. The average Bonchev–Trinajstić information content (AvgIpc) is 2.95. The lowest BCUT2D eigenvalue weighted by Crippen LogP contribution is -2.23. The van der Waals surface area contributed by atoms with Crippen molar-refractivity contribution >= 4 is 15.9 Å². The Labute approximate surface area is 134 Å². The molecule has 0 amide bonds. The number of halogens is 1. The molecule has 2 aromatic carbocycles. The first-order chi connectivity index (χ1) is 10.2. The number of hydrogen-bond acceptors (Lipinski definition) is 2. The van der Waals surface area contributed by atoms with E-state index in [0.29, 0.717) is 0 Å². The first-order valence-corrected chi connectivity index (χ1v) is 8.23. The van der Waals surface area contributed by atoms with Gasteiger partial charge in [-0.15, -0.1) is 0 Å². The number of benzene rings is 2. The summed E-state index contributed by atoms with van der Waals surface area (Å²) in [6, 6.07) is 13.3. The van der Waals surface area contributed by atoms with Crippen molar-refractivity contribution in [2.45, 2.75) is 26.3 Å².